The normalized spacial score (nSPS) is 11.1. The molecule has 0 fully saturated rings. The lowest BCUT2D eigenvalue weighted by molar-refractivity contribution is 0.0528. The summed E-state index contributed by atoms with van der Waals surface area (Å²) >= 11 is 1.36. The average molecular weight is 299 g/mol. The molecule has 0 aliphatic rings. The largest absolute Gasteiger partial charge is 0.462 e. The number of rotatable bonds is 4. The van der Waals surface area contributed by atoms with Crippen molar-refractivity contribution >= 4 is 28.4 Å². The van der Waals surface area contributed by atoms with Crippen LogP contribution in [0.25, 0.3) is 0 Å². The Labute approximate surface area is 123 Å². The number of carbonyl (C=O) groups is 2. The number of anilines is 1. The summed E-state index contributed by atoms with van der Waals surface area (Å²) < 4.78 is 10.2. The number of hydrogen-bond acceptors (Lipinski definition) is 5. The Morgan fingerprint density at radius 1 is 1.30 bits per heavy atom. The molecule has 20 heavy (non-hydrogen) atoms. The van der Waals surface area contributed by atoms with Gasteiger partial charge in [0.15, 0.2) is 0 Å². The van der Waals surface area contributed by atoms with Gasteiger partial charge < -0.3 is 9.47 Å². The van der Waals surface area contributed by atoms with Gasteiger partial charge in [-0.2, -0.15) is 0 Å². The summed E-state index contributed by atoms with van der Waals surface area (Å²) in [6.07, 6.45) is 0.208. The molecule has 1 amide bonds. The van der Waals surface area contributed by atoms with Crippen LogP contribution in [0.1, 0.15) is 49.9 Å². The van der Waals surface area contributed by atoms with Crippen molar-refractivity contribution in [1.29, 1.82) is 0 Å². The van der Waals surface area contributed by atoms with Crippen LogP contribution in [-0.2, 0) is 15.9 Å². The van der Waals surface area contributed by atoms with Gasteiger partial charge in [-0.3, -0.25) is 5.32 Å². The Bertz CT molecular complexity index is 488. The maximum atomic E-state index is 11.9. The molecular formula is C14H21NO4S. The van der Waals surface area contributed by atoms with Crippen LogP contribution in [0.3, 0.4) is 0 Å². The third kappa shape index (κ3) is 4.85. The summed E-state index contributed by atoms with van der Waals surface area (Å²) in [7, 11) is 0. The minimum absolute atomic E-state index is 0.294. The fraction of sp³-hybridized carbons (Fsp3) is 0.571. The van der Waals surface area contributed by atoms with Crippen molar-refractivity contribution < 1.29 is 19.1 Å². The molecule has 0 aliphatic carbocycles. The second-order valence-electron chi connectivity index (χ2n) is 5.16. The monoisotopic (exact) mass is 299 g/mol. The first kappa shape index (κ1) is 16.5. The smallest absolute Gasteiger partial charge is 0.412 e. The lowest BCUT2D eigenvalue weighted by Gasteiger charge is -2.19. The van der Waals surface area contributed by atoms with E-state index in [-0.39, 0.29) is 0 Å². The Morgan fingerprint density at radius 2 is 1.95 bits per heavy atom. The second-order valence-corrected chi connectivity index (χ2v) is 6.29. The van der Waals surface area contributed by atoms with E-state index in [9.17, 15) is 9.59 Å². The predicted molar refractivity (Wildman–Crippen MR) is 79.5 cm³/mol. The fourth-order valence-electron chi connectivity index (χ4n) is 1.47. The van der Waals surface area contributed by atoms with Gasteiger partial charge >= 0.3 is 12.1 Å². The van der Waals surface area contributed by atoms with Gasteiger partial charge in [0.1, 0.15) is 10.6 Å². The summed E-state index contributed by atoms with van der Waals surface area (Å²) in [6, 6.07) is 1.75. The van der Waals surface area contributed by atoms with E-state index in [0.717, 1.165) is 11.3 Å². The molecule has 0 atom stereocenters. The number of thiophene rings is 1. The van der Waals surface area contributed by atoms with Crippen LogP contribution >= 0.6 is 11.3 Å². The Morgan fingerprint density at radius 3 is 2.45 bits per heavy atom. The maximum absolute atomic E-state index is 11.9. The number of carbonyl (C=O) groups excluding carboxylic acids is 2. The molecule has 1 N–H and O–H groups in total. The summed E-state index contributed by atoms with van der Waals surface area (Å²) in [6.45, 7) is 9.37. The highest BCUT2D eigenvalue weighted by molar-refractivity contribution is 7.16. The van der Waals surface area contributed by atoms with Crippen molar-refractivity contribution in [2.75, 3.05) is 11.9 Å². The van der Waals surface area contributed by atoms with Gasteiger partial charge in [0.05, 0.1) is 12.2 Å². The molecule has 0 radical (unpaired) electrons. The SMILES string of the molecule is CCOC(=O)c1cc(CC)sc1NC(=O)OC(C)(C)C. The highest BCUT2D eigenvalue weighted by Crippen LogP contribution is 2.29. The molecule has 112 valence electrons. The minimum atomic E-state index is -0.584. The molecule has 1 aromatic rings. The van der Waals surface area contributed by atoms with Crippen LogP contribution in [-0.4, -0.2) is 24.3 Å². The van der Waals surface area contributed by atoms with E-state index in [1.54, 1.807) is 33.8 Å². The van der Waals surface area contributed by atoms with Crippen molar-refractivity contribution in [3.05, 3.63) is 16.5 Å². The van der Waals surface area contributed by atoms with E-state index in [4.69, 9.17) is 9.47 Å². The van der Waals surface area contributed by atoms with E-state index in [1.807, 2.05) is 6.92 Å². The van der Waals surface area contributed by atoms with Gasteiger partial charge in [-0.1, -0.05) is 6.92 Å². The third-order valence-corrected chi connectivity index (χ3v) is 3.44. The van der Waals surface area contributed by atoms with Crippen LogP contribution in [0.15, 0.2) is 6.07 Å². The molecule has 1 rings (SSSR count). The molecule has 0 aromatic carbocycles. The molecule has 1 aromatic heterocycles. The topological polar surface area (TPSA) is 64.6 Å². The van der Waals surface area contributed by atoms with Gasteiger partial charge in [0.2, 0.25) is 0 Å². The van der Waals surface area contributed by atoms with Crippen LogP contribution in [0, 0.1) is 0 Å². The molecule has 0 saturated carbocycles. The van der Waals surface area contributed by atoms with Crippen LogP contribution in [0.4, 0.5) is 9.80 Å². The van der Waals surface area contributed by atoms with E-state index in [0.29, 0.717) is 17.2 Å². The van der Waals surface area contributed by atoms with Gasteiger partial charge in [0.25, 0.3) is 0 Å². The molecule has 0 aliphatic heterocycles. The lowest BCUT2D eigenvalue weighted by atomic mass is 10.2. The maximum Gasteiger partial charge on any atom is 0.412 e. The number of amides is 1. The van der Waals surface area contributed by atoms with Crippen molar-refractivity contribution in [3.63, 3.8) is 0 Å². The quantitative estimate of drug-likeness (QED) is 0.858. The van der Waals surface area contributed by atoms with Crippen LogP contribution < -0.4 is 5.32 Å². The zero-order chi connectivity index (χ0) is 15.3. The Balaban J connectivity index is 2.90. The molecular weight excluding hydrogens is 278 g/mol. The van der Waals surface area contributed by atoms with E-state index in [2.05, 4.69) is 5.32 Å². The summed E-state index contributed by atoms with van der Waals surface area (Å²) in [4.78, 5) is 24.6. The minimum Gasteiger partial charge on any atom is -0.462 e. The van der Waals surface area contributed by atoms with E-state index < -0.39 is 17.7 Å². The predicted octanol–water partition coefficient (Wildman–Crippen LogP) is 3.83. The fourth-order valence-corrected chi connectivity index (χ4v) is 2.44. The summed E-state index contributed by atoms with van der Waals surface area (Å²) in [5.41, 5.74) is -0.210. The lowest BCUT2D eigenvalue weighted by Crippen LogP contribution is -2.27. The van der Waals surface area contributed by atoms with Gasteiger partial charge in [0, 0.05) is 4.88 Å². The number of esters is 1. The highest BCUT2D eigenvalue weighted by atomic mass is 32.1. The van der Waals surface area contributed by atoms with E-state index >= 15 is 0 Å². The standard InChI is InChI=1S/C14H21NO4S/c1-6-9-8-10(12(16)18-7-2)11(20-9)15-13(17)19-14(3,4)5/h8H,6-7H2,1-5H3,(H,15,17). The van der Waals surface area contributed by atoms with Crippen molar-refractivity contribution in [2.24, 2.45) is 0 Å². The van der Waals surface area contributed by atoms with Gasteiger partial charge in [-0.25, -0.2) is 9.59 Å². The first-order valence-electron chi connectivity index (χ1n) is 6.56. The molecule has 1 heterocycles. The van der Waals surface area contributed by atoms with Crippen molar-refractivity contribution in [1.82, 2.24) is 0 Å². The second kappa shape index (κ2) is 6.74. The third-order valence-electron chi connectivity index (χ3n) is 2.24. The average Bonchev–Trinajstić information content (AvgIpc) is 2.69. The molecule has 6 heteroatoms. The molecule has 0 bridgehead atoms. The summed E-state index contributed by atoms with van der Waals surface area (Å²) in [5, 5.41) is 3.08. The van der Waals surface area contributed by atoms with E-state index in [1.165, 1.54) is 11.3 Å². The van der Waals surface area contributed by atoms with Gasteiger partial charge in [-0.15, -0.1) is 11.3 Å². The van der Waals surface area contributed by atoms with Crippen molar-refractivity contribution in [3.8, 4) is 0 Å². The van der Waals surface area contributed by atoms with Crippen molar-refractivity contribution in [2.45, 2.75) is 46.6 Å². The van der Waals surface area contributed by atoms with Crippen LogP contribution in [0.5, 0.6) is 0 Å². The van der Waals surface area contributed by atoms with Gasteiger partial charge in [-0.05, 0) is 40.2 Å². The zero-order valence-electron chi connectivity index (χ0n) is 12.5. The molecule has 0 saturated heterocycles. The van der Waals surface area contributed by atoms with Crippen LogP contribution in [0.2, 0.25) is 0 Å². The highest BCUT2D eigenvalue weighted by Gasteiger charge is 2.21. The zero-order valence-corrected chi connectivity index (χ0v) is 13.3. The first-order chi connectivity index (χ1) is 9.26. The molecule has 0 spiro atoms. The first-order valence-corrected chi connectivity index (χ1v) is 7.38. The number of hydrogen-bond donors (Lipinski definition) is 1. The Kier molecular flexibility index (Phi) is 5.56. The summed E-state index contributed by atoms with van der Waals surface area (Å²) in [5.74, 6) is -0.436. The molecule has 0 unspecified atom stereocenters. The molecule has 5 nitrogen and oxygen atoms in total. The number of aryl methyl sites for hydroxylation is 1. The number of nitrogens with one attached hydrogen (secondary N) is 1. The number of ether oxygens (including phenoxy) is 2. The Hall–Kier alpha value is -1.56.